The van der Waals surface area contributed by atoms with Crippen molar-refractivity contribution in [3.63, 3.8) is 0 Å². The molecule has 3 nitrogen and oxygen atoms in total. The van der Waals surface area contributed by atoms with E-state index in [1.807, 2.05) is 13.1 Å². The van der Waals surface area contributed by atoms with Crippen molar-refractivity contribution in [2.45, 2.75) is 44.6 Å². The predicted octanol–water partition coefficient (Wildman–Crippen LogP) is 3.03. The fourth-order valence-corrected chi connectivity index (χ4v) is 3.00. The zero-order valence-corrected chi connectivity index (χ0v) is 13.7. The second-order valence-corrected chi connectivity index (χ2v) is 5.61. The van der Waals surface area contributed by atoms with E-state index in [0.717, 1.165) is 19.5 Å². The Hall–Kier alpha value is -1.06. The first-order chi connectivity index (χ1) is 9.81. The molecule has 1 aliphatic carbocycles. The SMILES string of the molecule is CNCCC(=O)N(CCc1ccccc1)C1CCCC1.Cl. The Balaban J connectivity index is 0.00000220. The fourth-order valence-electron chi connectivity index (χ4n) is 3.00. The van der Waals surface area contributed by atoms with Crippen molar-refractivity contribution in [3.8, 4) is 0 Å². The molecule has 118 valence electrons. The largest absolute Gasteiger partial charge is 0.339 e. The minimum Gasteiger partial charge on any atom is -0.339 e. The Morgan fingerprint density at radius 3 is 2.52 bits per heavy atom. The van der Waals surface area contributed by atoms with Gasteiger partial charge in [-0.2, -0.15) is 0 Å². The Morgan fingerprint density at radius 1 is 1.24 bits per heavy atom. The van der Waals surface area contributed by atoms with Crippen molar-refractivity contribution in [1.82, 2.24) is 10.2 Å². The Kier molecular flexibility index (Phi) is 8.40. The van der Waals surface area contributed by atoms with Crippen LogP contribution in [0.3, 0.4) is 0 Å². The van der Waals surface area contributed by atoms with Gasteiger partial charge in [0.2, 0.25) is 5.91 Å². The van der Waals surface area contributed by atoms with Crippen LogP contribution in [0.1, 0.15) is 37.7 Å². The van der Waals surface area contributed by atoms with E-state index in [1.54, 1.807) is 0 Å². The number of hydrogen-bond acceptors (Lipinski definition) is 2. The maximum absolute atomic E-state index is 12.4. The molecule has 1 amide bonds. The van der Waals surface area contributed by atoms with Gasteiger partial charge in [0.1, 0.15) is 0 Å². The monoisotopic (exact) mass is 310 g/mol. The lowest BCUT2D eigenvalue weighted by molar-refractivity contribution is -0.133. The standard InChI is InChI=1S/C17H26N2O.ClH/c1-18-13-11-17(20)19(16-9-5-6-10-16)14-12-15-7-3-2-4-8-15;/h2-4,7-8,16,18H,5-6,9-14H2,1H3;1H. The van der Waals surface area contributed by atoms with Crippen molar-refractivity contribution in [1.29, 1.82) is 0 Å². The maximum Gasteiger partial charge on any atom is 0.224 e. The topological polar surface area (TPSA) is 32.3 Å². The van der Waals surface area contributed by atoms with Crippen molar-refractivity contribution < 1.29 is 4.79 Å². The average Bonchev–Trinajstić information content (AvgIpc) is 3.00. The molecule has 0 bridgehead atoms. The number of carbonyl (C=O) groups is 1. The molecule has 0 saturated heterocycles. The first-order valence-electron chi connectivity index (χ1n) is 7.79. The summed E-state index contributed by atoms with van der Waals surface area (Å²) in [4.78, 5) is 14.5. The Morgan fingerprint density at radius 2 is 1.90 bits per heavy atom. The van der Waals surface area contributed by atoms with Crippen LogP contribution in [0.15, 0.2) is 30.3 Å². The number of rotatable bonds is 7. The van der Waals surface area contributed by atoms with Gasteiger partial charge in [-0.25, -0.2) is 0 Å². The molecule has 21 heavy (non-hydrogen) atoms. The highest BCUT2D eigenvalue weighted by molar-refractivity contribution is 5.85. The number of nitrogens with zero attached hydrogens (tertiary/aromatic N) is 1. The summed E-state index contributed by atoms with van der Waals surface area (Å²) in [5, 5.41) is 3.07. The second kappa shape index (κ2) is 9.80. The van der Waals surface area contributed by atoms with Crippen LogP contribution < -0.4 is 5.32 Å². The van der Waals surface area contributed by atoms with E-state index in [1.165, 1.54) is 31.2 Å². The van der Waals surface area contributed by atoms with E-state index in [-0.39, 0.29) is 12.4 Å². The van der Waals surface area contributed by atoms with Crippen LogP contribution in [0.5, 0.6) is 0 Å². The van der Waals surface area contributed by atoms with Gasteiger partial charge < -0.3 is 10.2 Å². The molecule has 4 heteroatoms. The third-order valence-corrected chi connectivity index (χ3v) is 4.16. The molecule has 1 aromatic carbocycles. The predicted molar refractivity (Wildman–Crippen MR) is 89.9 cm³/mol. The normalized spacial score (nSPS) is 14.7. The van der Waals surface area contributed by atoms with Gasteiger partial charge in [0.05, 0.1) is 0 Å². The van der Waals surface area contributed by atoms with Gasteiger partial charge in [0, 0.05) is 25.6 Å². The lowest BCUT2D eigenvalue weighted by Crippen LogP contribution is -2.41. The van der Waals surface area contributed by atoms with Crippen LogP contribution in [0, 0.1) is 0 Å². The Labute approximate surface area is 134 Å². The fraction of sp³-hybridized carbons (Fsp3) is 0.588. The molecule has 1 fully saturated rings. The molecule has 0 heterocycles. The van der Waals surface area contributed by atoms with Crippen molar-refractivity contribution in [2.75, 3.05) is 20.1 Å². The van der Waals surface area contributed by atoms with Gasteiger partial charge in [-0.05, 0) is 31.9 Å². The van der Waals surface area contributed by atoms with Crippen LogP contribution in [0.25, 0.3) is 0 Å². The van der Waals surface area contributed by atoms with Gasteiger partial charge in [-0.3, -0.25) is 4.79 Å². The average molecular weight is 311 g/mol. The van der Waals surface area contributed by atoms with Gasteiger partial charge in [-0.1, -0.05) is 43.2 Å². The van der Waals surface area contributed by atoms with Crippen molar-refractivity contribution in [3.05, 3.63) is 35.9 Å². The zero-order valence-electron chi connectivity index (χ0n) is 12.9. The first kappa shape index (κ1) is 18.0. The third kappa shape index (κ3) is 5.68. The van der Waals surface area contributed by atoms with Crippen LogP contribution in [-0.2, 0) is 11.2 Å². The van der Waals surface area contributed by atoms with E-state index >= 15 is 0 Å². The molecule has 0 atom stereocenters. The van der Waals surface area contributed by atoms with Gasteiger partial charge in [-0.15, -0.1) is 12.4 Å². The summed E-state index contributed by atoms with van der Waals surface area (Å²) in [5.74, 6) is 0.308. The number of nitrogens with one attached hydrogen (secondary N) is 1. The summed E-state index contributed by atoms with van der Waals surface area (Å²) < 4.78 is 0. The number of carbonyl (C=O) groups excluding carboxylic acids is 1. The lowest BCUT2D eigenvalue weighted by atomic mass is 10.1. The van der Waals surface area contributed by atoms with Gasteiger partial charge in [0.15, 0.2) is 0 Å². The molecule has 0 radical (unpaired) electrons. The first-order valence-corrected chi connectivity index (χ1v) is 7.79. The number of halogens is 1. The Bertz CT molecular complexity index is 405. The highest BCUT2D eigenvalue weighted by Gasteiger charge is 2.25. The molecular weight excluding hydrogens is 284 g/mol. The zero-order chi connectivity index (χ0) is 14.2. The minimum atomic E-state index is 0. The van der Waals surface area contributed by atoms with Gasteiger partial charge >= 0.3 is 0 Å². The molecule has 1 aromatic rings. The van der Waals surface area contributed by atoms with E-state index in [9.17, 15) is 4.79 Å². The summed E-state index contributed by atoms with van der Waals surface area (Å²) in [6.07, 6.45) is 6.47. The van der Waals surface area contributed by atoms with E-state index in [4.69, 9.17) is 0 Å². The maximum atomic E-state index is 12.4. The van der Waals surface area contributed by atoms with Crippen molar-refractivity contribution >= 4 is 18.3 Å². The summed E-state index contributed by atoms with van der Waals surface area (Å²) in [5.41, 5.74) is 1.32. The minimum absolute atomic E-state index is 0. The number of benzene rings is 1. The second-order valence-electron chi connectivity index (χ2n) is 5.61. The van der Waals surface area contributed by atoms with Crippen molar-refractivity contribution in [2.24, 2.45) is 0 Å². The van der Waals surface area contributed by atoms with Crippen LogP contribution in [0.4, 0.5) is 0 Å². The molecule has 1 N–H and O–H groups in total. The summed E-state index contributed by atoms with van der Waals surface area (Å²) in [7, 11) is 1.90. The van der Waals surface area contributed by atoms with E-state index in [0.29, 0.717) is 18.4 Å². The molecule has 0 unspecified atom stereocenters. The van der Waals surface area contributed by atoms with Crippen LogP contribution in [0.2, 0.25) is 0 Å². The molecule has 1 saturated carbocycles. The van der Waals surface area contributed by atoms with E-state index in [2.05, 4.69) is 34.5 Å². The van der Waals surface area contributed by atoms with E-state index < -0.39 is 0 Å². The highest BCUT2D eigenvalue weighted by atomic mass is 35.5. The van der Waals surface area contributed by atoms with Gasteiger partial charge in [0.25, 0.3) is 0 Å². The molecular formula is C17H27ClN2O. The lowest BCUT2D eigenvalue weighted by Gasteiger charge is -2.29. The number of amides is 1. The molecule has 0 spiro atoms. The van der Waals surface area contributed by atoms with Crippen LogP contribution in [-0.4, -0.2) is 37.0 Å². The molecule has 1 aliphatic rings. The smallest absolute Gasteiger partial charge is 0.224 e. The highest BCUT2D eigenvalue weighted by Crippen LogP contribution is 2.24. The molecule has 2 rings (SSSR count). The number of hydrogen-bond donors (Lipinski definition) is 1. The van der Waals surface area contributed by atoms with Crippen LogP contribution >= 0.6 is 12.4 Å². The summed E-state index contributed by atoms with van der Waals surface area (Å²) in [6, 6.07) is 10.9. The molecule has 0 aliphatic heterocycles. The third-order valence-electron chi connectivity index (χ3n) is 4.16. The quantitative estimate of drug-likeness (QED) is 0.839. The summed E-state index contributed by atoms with van der Waals surface area (Å²) >= 11 is 0. The summed E-state index contributed by atoms with van der Waals surface area (Å²) in [6.45, 7) is 1.63. The molecule has 0 aromatic heterocycles.